The molecule has 3 rings (SSSR count). The molecular weight excluding hydrogens is 544 g/mol. The van der Waals surface area contributed by atoms with Gasteiger partial charge in [-0.15, -0.1) is 0 Å². The number of aromatic nitrogens is 3. The first kappa shape index (κ1) is 28.1. The Kier molecular flexibility index (Phi) is 8.53. The van der Waals surface area contributed by atoms with Crippen molar-refractivity contribution in [2.24, 2.45) is 0 Å². The highest BCUT2D eigenvalue weighted by Gasteiger charge is 2.36. The van der Waals surface area contributed by atoms with Crippen LogP contribution in [0.5, 0.6) is 5.88 Å². The second-order valence-corrected chi connectivity index (χ2v) is 9.02. The summed E-state index contributed by atoms with van der Waals surface area (Å²) in [5.41, 5.74) is -4.76. The Hall–Kier alpha value is -3.52. The zero-order valence-electron chi connectivity index (χ0n) is 19.3. The van der Waals surface area contributed by atoms with E-state index in [4.69, 9.17) is 22.3 Å². The Labute approximate surface area is 215 Å². The third kappa shape index (κ3) is 6.25. The maximum absolute atomic E-state index is 14.9. The largest absolute Gasteiger partial charge is 0.433 e. The lowest BCUT2D eigenvalue weighted by Gasteiger charge is -2.16. The standard InChI is InChI=1S/C22H19ClF4N4O5S/c1-3-4-5-12-6-7-29-20(36-35-11(2)32)19(12)37-16-9-15(14(24)8-13(16)23)30-18(33)10-17(22(25,26)27)31(28)21(30)34/h6-10H,3-5,28H2,1-2H3. The lowest BCUT2D eigenvalue weighted by atomic mass is 10.1. The summed E-state index contributed by atoms with van der Waals surface area (Å²) >= 11 is 7.12. The summed E-state index contributed by atoms with van der Waals surface area (Å²) in [5.74, 6) is 3.24. The normalized spacial score (nSPS) is 11.4. The summed E-state index contributed by atoms with van der Waals surface area (Å²) in [6.07, 6.45) is -1.50. The van der Waals surface area contributed by atoms with Gasteiger partial charge in [0.25, 0.3) is 11.4 Å². The topological polar surface area (TPSA) is 118 Å². The van der Waals surface area contributed by atoms with Crippen LogP contribution in [0.25, 0.3) is 5.69 Å². The van der Waals surface area contributed by atoms with Gasteiger partial charge in [-0.25, -0.2) is 33.1 Å². The van der Waals surface area contributed by atoms with Crippen molar-refractivity contribution < 1.29 is 32.1 Å². The molecule has 0 bridgehead atoms. The molecule has 2 aromatic heterocycles. The van der Waals surface area contributed by atoms with Gasteiger partial charge in [0.05, 0.1) is 15.6 Å². The summed E-state index contributed by atoms with van der Waals surface area (Å²) in [5, 5.41) is -0.150. The van der Waals surface area contributed by atoms with Crippen LogP contribution >= 0.6 is 23.4 Å². The van der Waals surface area contributed by atoms with Gasteiger partial charge in [-0.3, -0.25) is 9.68 Å². The number of carbonyl (C=O) groups is 1. The minimum atomic E-state index is -5.10. The number of hydrogen-bond donors (Lipinski definition) is 1. The number of nitrogens with two attached hydrogens (primary N) is 1. The molecule has 2 N–H and O–H groups in total. The van der Waals surface area contributed by atoms with Crippen molar-refractivity contribution in [3.05, 3.63) is 73.4 Å². The van der Waals surface area contributed by atoms with Gasteiger partial charge < -0.3 is 5.84 Å². The van der Waals surface area contributed by atoms with E-state index >= 15 is 0 Å². The van der Waals surface area contributed by atoms with Crippen molar-refractivity contribution in [3.63, 3.8) is 0 Å². The van der Waals surface area contributed by atoms with E-state index in [1.54, 1.807) is 6.07 Å². The van der Waals surface area contributed by atoms with Crippen LogP contribution in [-0.4, -0.2) is 20.2 Å². The van der Waals surface area contributed by atoms with Gasteiger partial charge in [-0.2, -0.15) is 13.2 Å². The number of nitrogens with zero attached hydrogens (tertiary/aromatic N) is 3. The number of carbonyl (C=O) groups excluding carboxylic acids is 1. The number of rotatable bonds is 8. The van der Waals surface area contributed by atoms with Crippen LogP contribution in [0.2, 0.25) is 5.02 Å². The summed E-state index contributed by atoms with van der Waals surface area (Å²) < 4.78 is 54.1. The predicted molar refractivity (Wildman–Crippen MR) is 126 cm³/mol. The monoisotopic (exact) mass is 562 g/mol. The first-order valence-corrected chi connectivity index (χ1v) is 11.8. The average Bonchev–Trinajstić information content (AvgIpc) is 2.81. The number of halogens is 5. The molecule has 37 heavy (non-hydrogen) atoms. The van der Waals surface area contributed by atoms with Crippen LogP contribution in [0.3, 0.4) is 0 Å². The first-order valence-electron chi connectivity index (χ1n) is 10.6. The zero-order valence-corrected chi connectivity index (χ0v) is 20.8. The lowest BCUT2D eigenvalue weighted by Crippen LogP contribution is -2.45. The van der Waals surface area contributed by atoms with Gasteiger partial charge in [0.2, 0.25) is 0 Å². The number of hydrogen-bond acceptors (Lipinski definition) is 8. The Morgan fingerprint density at radius 2 is 1.95 bits per heavy atom. The third-order valence-corrected chi connectivity index (χ3v) is 6.50. The molecule has 0 saturated heterocycles. The molecule has 0 saturated carbocycles. The minimum absolute atomic E-state index is 0.0806. The van der Waals surface area contributed by atoms with Gasteiger partial charge in [-0.1, -0.05) is 36.7 Å². The highest BCUT2D eigenvalue weighted by Crippen LogP contribution is 2.41. The number of pyridine rings is 1. The van der Waals surface area contributed by atoms with Gasteiger partial charge in [0.15, 0.2) is 5.69 Å². The fourth-order valence-corrected chi connectivity index (χ4v) is 4.46. The highest BCUT2D eigenvalue weighted by molar-refractivity contribution is 7.99. The maximum Gasteiger partial charge on any atom is 0.433 e. The Bertz CT molecular complexity index is 1460. The molecule has 0 atom stereocenters. The summed E-state index contributed by atoms with van der Waals surface area (Å²) in [6, 6.07) is 3.56. The second-order valence-electron chi connectivity index (χ2n) is 7.56. The van der Waals surface area contributed by atoms with Gasteiger partial charge in [-0.05, 0) is 36.6 Å². The fourth-order valence-electron chi connectivity index (χ4n) is 3.17. The summed E-state index contributed by atoms with van der Waals surface area (Å²) in [4.78, 5) is 50.3. The average molecular weight is 563 g/mol. The molecular formula is C22H19ClF4N4O5S. The molecule has 3 aromatic rings. The first-order chi connectivity index (χ1) is 17.3. The van der Waals surface area contributed by atoms with Gasteiger partial charge in [0, 0.05) is 24.1 Å². The third-order valence-electron chi connectivity index (χ3n) is 4.87. The van der Waals surface area contributed by atoms with Gasteiger partial charge in [0.1, 0.15) is 5.82 Å². The molecule has 2 heterocycles. The van der Waals surface area contributed by atoms with Crippen molar-refractivity contribution in [3.8, 4) is 11.6 Å². The molecule has 0 aliphatic heterocycles. The zero-order chi connectivity index (χ0) is 27.5. The van der Waals surface area contributed by atoms with E-state index in [2.05, 4.69) is 9.87 Å². The lowest BCUT2D eigenvalue weighted by molar-refractivity contribution is -0.213. The Morgan fingerprint density at radius 1 is 1.24 bits per heavy atom. The van der Waals surface area contributed by atoms with Crippen molar-refractivity contribution >= 4 is 29.3 Å². The van der Waals surface area contributed by atoms with Crippen LogP contribution in [0, 0.1) is 5.82 Å². The Balaban J connectivity index is 2.17. The van der Waals surface area contributed by atoms with Crippen LogP contribution in [0.1, 0.15) is 37.9 Å². The quantitative estimate of drug-likeness (QED) is 0.187. The molecule has 198 valence electrons. The number of benzene rings is 1. The number of unbranched alkanes of at least 4 members (excludes halogenated alkanes) is 1. The number of aryl methyl sites for hydroxylation is 1. The second kappa shape index (κ2) is 11.3. The molecule has 0 spiro atoms. The minimum Gasteiger partial charge on any atom is -0.335 e. The molecule has 0 unspecified atom stereocenters. The van der Waals surface area contributed by atoms with E-state index in [1.165, 1.54) is 6.20 Å². The van der Waals surface area contributed by atoms with E-state index in [9.17, 15) is 31.9 Å². The Morgan fingerprint density at radius 3 is 2.57 bits per heavy atom. The maximum atomic E-state index is 14.9. The highest BCUT2D eigenvalue weighted by atomic mass is 35.5. The number of alkyl halides is 3. The SMILES string of the molecule is CCCCc1ccnc(OOC(C)=O)c1Sc1cc(-n2c(=O)cc(C(F)(F)F)n(N)c2=O)c(F)cc1Cl. The van der Waals surface area contributed by atoms with Crippen molar-refractivity contribution in [1.29, 1.82) is 0 Å². The predicted octanol–water partition coefficient (Wildman–Crippen LogP) is 4.27. The molecule has 0 radical (unpaired) electrons. The summed E-state index contributed by atoms with van der Waals surface area (Å²) in [7, 11) is 0. The molecule has 0 aliphatic carbocycles. The van der Waals surface area contributed by atoms with Gasteiger partial charge >= 0.3 is 17.8 Å². The smallest absolute Gasteiger partial charge is 0.335 e. The fraction of sp³-hybridized carbons (Fsp3) is 0.273. The van der Waals surface area contributed by atoms with E-state index < -0.39 is 40.6 Å². The van der Waals surface area contributed by atoms with E-state index in [1.807, 2.05) is 6.92 Å². The van der Waals surface area contributed by atoms with Crippen LogP contribution in [0.15, 0.2) is 49.8 Å². The molecule has 0 amide bonds. The molecule has 0 fully saturated rings. The molecule has 15 heteroatoms. The number of nitrogen functional groups attached to an aromatic ring is 1. The van der Waals surface area contributed by atoms with E-state index in [-0.39, 0.29) is 31.1 Å². The molecule has 0 aliphatic rings. The molecule has 1 aromatic carbocycles. The van der Waals surface area contributed by atoms with Crippen LogP contribution in [-0.2, 0) is 22.3 Å². The summed E-state index contributed by atoms with van der Waals surface area (Å²) in [6.45, 7) is 3.09. The van der Waals surface area contributed by atoms with E-state index in [0.29, 0.717) is 16.9 Å². The van der Waals surface area contributed by atoms with Crippen molar-refractivity contribution in [2.45, 2.75) is 49.1 Å². The van der Waals surface area contributed by atoms with Crippen LogP contribution in [0.4, 0.5) is 17.6 Å². The molecule has 9 nitrogen and oxygen atoms in total. The van der Waals surface area contributed by atoms with Crippen LogP contribution < -0.4 is 22.0 Å². The van der Waals surface area contributed by atoms with Crippen molar-refractivity contribution in [2.75, 3.05) is 5.84 Å². The van der Waals surface area contributed by atoms with Crippen molar-refractivity contribution in [1.82, 2.24) is 14.2 Å². The van der Waals surface area contributed by atoms with E-state index in [0.717, 1.165) is 43.7 Å².